The Morgan fingerprint density at radius 1 is 1.18 bits per heavy atom. The first kappa shape index (κ1) is 10.2. The van der Waals surface area contributed by atoms with Crippen LogP contribution < -0.4 is 5.73 Å². The second-order valence-corrected chi connectivity index (χ2v) is 2.18. The van der Waals surface area contributed by atoms with Crippen LogP contribution in [-0.4, -0.2) is 6.67 Å². The van der Waals surface area contributed by atoms with Crippen LogP contribution in [-0.2, 0) is 6.42 Å². The smallest absolute Gasteiger partial charge is 0.0934 e. The molecule has 0 atom stereocenters. The van der Waals surface area contributed by atoms with E-state index in [9.17, 15) is 4.39 Å². The van der Waals surface area contributed by atoms with E-state index in [1.807, 2.05) is 12.1 Å². The van der Waals surface area contributed by atoms with Crippen LogP contribution in [0.2, 0.25) is 0 Å². The quantitative estimate of drug-likeness (QED) is 0.686. The summed E-state index contributed by atoms with van der Waals surface area (Å²) in [7, 11) is 0. The van der Waals surface area contributed by atoms with E-state index in [2.05, 4.69) is 0 Å². The van der Waals surface area contributed by atoms with Crippen molar-refractivity contribution in [2.45, 2.75) is 6.42 Å². The van der Waals surface area contributed by atoms with Crippen LogP contribution in [0.5, 0.6) is 0 Å². The summed E-state index contributed by atoms with van der Waals surface area (Å²) < 4.78 is 11.7. The predicted octanol–water partition coefficient (Wildman–Crippen LogP) is 2.20. The molecule has 1 aromatic rings. The van der Waals surface area contributed by atoms with Crippen LogP contribution in [0.1, 0.15) is 5.56 Å². The summed E-state index contributed by atoms with van der Waals surface area (Å²) in [6, 6.07) is 7.25. The number of halogens is 2. The molecule has 0 fully saturated rings. The highest BCUT2D eigenvalue weighted by Gasteiger charge is 1.89. The van der Waals surface area contributed by atoms with Gasteiger partial charge in [-0.25, -0.2) is 0 Å². The Hall–Kier alpha value is -0.760. The lowest BCUT2D eigenvalue weighted by molar-refractivity contribution is 0.495. The molecule has 0 radical (unpaired) electrons. The van der Waals surface area contributed by atoms with Gasteiger partial charge in [-0.2, -0.15) is 0 Å². The third-order valence-electron chi connectivity index (χ3n) is 1.36. The van der Waals surface area contributed by atoms with Crippen molar-refractivity contribution in [2.75, 3.05) is 12.4 Å². The van der Waals surface area contributed by atoms with E-state index in [0.29, 0.717) is 6.42 Å². The summed E-state index contributed by atoms with van der Waals surface area (Å²) in [6.45, 7) is -0.302. The van der Waals surface area contributed by atoms with Gasteiger partial charge in [0.1, 0.15) is 0 Å². The number of nitrogen functional groups attached to an aromatic ring is 1. The Morgan fingerprint density at radius 2 is 1.73 bits per heavy atom. The Kier molecular flexibility index (Phi) is 4.62. The van der Waals surface area contributed by atoms with Gasteiger partial charge in [-0.3, -0.25) is 4.39 Å². The van der Waals surface area contributed by atoms with Crippen molar-refractivity contribution in [3.63, 3.8) is 0 Å². The molecule has 1 aromatic carbocycles. The number of hydrogen-bond donors (Lipinski definition) is 1. The molecule has 0 aliphatic carbocycles. The lowest BCUT2D eigenvalue weighted by Gasteiger charge is -1.96. The molecule has 0 unspecified atom stereocenters. The fourth-order valence-electron chi connectivity index (χ4n) is 0.793. The molecular formula is C8H11ClFN. The molecule has 1 rings (SSSR count). The monoisotopic (exact) mass is 175 g/mol. The van der Waals surface area contributed by atoms with Crippen molar-refractivity contribution in [2.24, 2.45) is 0 Å². The van der Waals surface area contributed by atoms with Gasteiger partial charge in [0, 0.05) is 12.1 Å². The van der Waals surface area contributed by atoms with Gasteiger partial charge in [0.2, 0.25) is 0 Å². The Morgan fingerprint density at radius 3 is 2.18 bits per heavy atom. The summed E-state index contributed by atoms with van der Waals surface area (Å²) >= 11 is 0. The maximum absolute atomic E-state index is 11.7. The maximum Gasteiger partial charge on any atom is 0.0934 e. The Labute approximate surface area is 71.8 Å². The molecule has 1 nitrogen and oxygen atoms in total. The molecule has 62 valence electrons. The zero-order valence-electron chi connectivity index (χ0n) is 6.09. The zero-order valence-corrected chi connectivity index (χ0v) is 6.90. The number of anilines is 1. The molecule has 2 N–H and O–H groups in total. The van der Waals surface area contributed by atoms with Gasteiger partial charge in [0.25, 0.3) is 0 Å². The number of nitrogens with two attached hydrogens (primary N) is 1. The molecule has 0 aliphatic heterocycles. The summed E-state index contributed by atoms with van der Waals surface area (Å²) in [5, 5.41) is 0. The van der Waals surface area contributed by atoms with Crippen LogP contribution in [0.15, 0.2) is 24.3 Å². The van der Waals surface area contributed by atoms with E-state index in [1.165, 1.54) is 0 Å². The van der Waals surface area contributed by atoms with Crippen molar-refractivity contribution >= 4 is 18.1 Å². The largest absolute Gasteiger partial charge is 0.399 e. The molecule has 0 amide bonds. The van der Waals surface area contributed by atoms with Gasteiger partial charge in [-0.15, -0.1) is 12.4 Å². The van der Waals surface area contributed by atoms with E-state index in [1.54, 1.807) is 12.1 Å². The summed E-state index contributed by atoms with van der Waals surface area (Å²) in [4.78, 5) is 0. The van der Waals surface area contributed by atoms with Gasteiger partial charge >= 0.3 is 0 Å². The van der Waals surface area contributed by atoms with Crippen molar-refractivity contribution in [1.82, 2.24) is 0 Å². The second kappa shape index (κ2) is 4.97. The SMILES string of the molecule is Cl.Nc1ccc(CCF)cc1. The topological polar surface area (TPSA) is 26.0 Å². The Bertz CT molecular complexity index is 198. The Balaban J connectivity index is 0.000001000. The number of hydrogen-bond acceptors (Lipinski definition) is 1. The summed E-state index contributed by atoms with van der Waals surface area (Å²) in [5.74, 6) is 0. The molecule has 0 saturated carbocycles. The zero-order chi connectivity index (χ0) is 7.40. The number of rotatable bonds is 2. The predicted molar refractivity (Wildman–Crippen MR) is 47.8 cm³/mol. The van der Waals surface area contributed by atoms with Crippen LogP contribution >= 0.6 is 12.4 Å². The van der Waals surface area contributed by atoms with E-state index in [4.69, 9.17) is 5.73 Å². The van der Waals surface area contributed by atoms with Gasteiger partial charge in [0.15, 0.2) is 0 Å². The van der Waals surface area contributed by atoms with Crippen molar-refractivity contribution in [1.29, 1.82) is 0 Å². The number of aryl methyl sites for hydroxylation is 1. The minimum atomic E-state index is -0.302. The first-order valence-electron chi connectivity index (χ1n) is 3.23. The lowest BCUT2D eigenvalue weighted by atomic mass is 10.1. The number of alkyl halides is 1. The summed E-state index contributed by atoms with van der Waals surface area (Å²) in [5.41, 5.74) is 7.15. The first-order chi connectivity index (χ1) is 4.83. The van der Waals surface area contributed by atoms with Crippen LogP contribution in [0.4, 0.5) is 10.1 Å². The maximum atomic E-state index is 11.7. The van der Waals surface area contributed by atoms with Crippen molar-refractivity contribution in [3.05, 3.63) is 29.8 Å². The highest BCUT2D eigenvalue weighted by atomic mass is 35.5. The molecule has 11 heavy (non-hydrogen) atoms. The van der Waals surface area contributed by atoms with Crippen LogP contribution in [0.3, 0.4) is 0 Å². The van der Waals surface area contributed by atoms with Crippen molar-refractivity contribution in [3.8, 4) is 0 Å². The fraction of sp³-hybridized carbons (Fsp3) is 0.250. The third kappa shape index (κ3) is 3.23. The van der Waals surface area contributed by atoms with Crippen molar-refractivity contribution < 1.29 is 4.39 Å². The molecule has 0 aliphatic rings. The first-order valence-corrected chi connectivity index (χ1v) is 3.23. The van der Waals surface area contributed by atoms with Gasteiger partial charge < -0.3 is 5.73 Å². The molecule has 0 heterocycles. The van der Waals surface area contributed by atoms with E-state index in [-0.39, 0.29) is 19.1 Å². The minimum absolute atomic E-state index is 0. The average molecular weight is 176 g/mol. The molecule has 3 heteroatoms. The van der Waals surface area contributed by atoms with E-state index < -0.39 is 0 Å². The standard InChI is InChI=1S/C8H10FN.ClH/c9-6-5-7-1-3-8(10)4-2-7;/h1-4H,5-6,10H2;1H. The fourth-order valence-corrected chi connectivity index (χ4v) is 0.793. The molecule has 0 saturated heterocycles. The van der Waals surface area contributed by atoms with Crippen LogP contribution in [0, 0.1) is 0 Å². The lowest BCUT2D eigenvalue weighted by Crippen LogP contribution is -1.88. The van der Waals surface area contributed by atoms with Gasteiger partial charge in [-0.05, 0) is 17.7 Å². The molecule has 0 spiro atoms. The highest BCUT2D eigenvalue weighted by molar-refractivity contribution is 5.85. The molecule has 0 aromatic heterocycles. The van der Waals surface area contributed by atoms with Gasteiger partial charge in [-0.1, -0.05) is 12.1 Å². The second-order valence-electron chi connectivity index (χ2n) is 2.18. The van der Waals surface area contributed by atoms with Gasteiger partial charge in [0.05, 0.1) is 6.67 Å². The van der Waals surface area contributed by atoms with Crippen LogP contribution in [0.25, 0.3) is 0 Å². The van der Waals surface area contributed by atoms with E-state index in [0.717, 1.165) is 11.3 Å². The molecule has 0 bridgehead atoms. The number of benzene rings is 1. The summed E-state index contributed by atoms with van der Waals surface area (Å²) in [6.07, 6.45) is 0.486. The molecular weight excluding hydrogens is 165 g/mol. The van der Waals surface area contributed by atoms with E-state index >= 15 is 0 Å². The normalized spacial score (nSPS) is 8.82. The third-order valence-corrected chi connectivity index (χ3v) is 1.36. The highest BCUT2D eigenvalue weighted by Crippen LogP contribution is 2.05. The minimum Gasteiger partial charge on any atom is -0.399 e. The average Bonchev–Trinajstić information content (AvgIpc) is 1.95.